The maximum atomic E-state index is 11.7. The second-order valence-electron chi connectivity index (χ2n) is 5.37. The summed E-state index contributed by atoms with van der Waals surface area (Å²) in [6.45, 7) is 8.09. The van der Waals surface area contributed by atoms with Crippen molar-refractivity contribution in [1.82, 2.24) is 10.2 Å². The lowest BCUT2D eigenvalue weighted by molar-refractivity contribution is -0.128. The summed E-state index contributed by atoms with van der Waals surface area (Å²) in [5.41, 5.74) is 0. The van der Waals surface area contributed by atoms with Crippen LogP contribution in [0.15, 0.2) is 0 Å². The number of aliphatic hydroxyl groups excluding tert-OH is 1. The molecule has 0 aromatic heterocycles. The fraction of sp³-hybridized carbons (Fsp3) is 0.923. The van der Waals surface area contributed by atoms with Gasteiger partial charge in [0.05, 0.1) is 6.10 Å². The first-order valence-corrected chi connectivity index (χ1v) is 6.72. The van der Waals surface area contributed by atoms with Crippen molar-refractivity contribution in [3.8, 4) is 0 Å². The number of amides is 1. The van der Waals surface area contributed by atoms with E-state index in [2.05, 4.69) is 12.2 Å². The van der Waals surface area contributed by atoms with Crippen LogP contribution >= 0.6 is 0 Å². The third-order valence-electron chi connectivity index (χ3n) is 3.18. The molecule has 2 unspecified atom stereocenters. The minimum Gasteiger partial charge on any atom is -0.390 e. The summed E-state index contributed by atoms with van der Waals surface area (Å²) >= 11 is 0. The molecule has 0 saturated carbocycles. The third-order valence-corrected chi connectivity index (χ3v) is 3.18. The predicted octanol–water partition coefficient (Wildman–Crippen LogP) is 0.994. The van der Waals surface area contributed by atoms with E-state index in [1.54, 1.807) is 0 Å². The molecule has 0 aromatic carbocycles. The Hall–Kier alpha value is -0.610. The molecule has 0 radical (unpaired) electrons. The Morgan fingerprint density at radius 2 is 2.24 bits per heavy atom. The van der Waals surface area contributed by atoms with Crippen LogP contribution in [0.3, 0.4) is 0 Å². The van der Waals surface area contributed by atoms with E-state index >= 15 is 0 Å². The first kappa shape index (κ1) is 14.5. The van der Waals surface area contributed by atoms with Crippen molar-refractivity contribution in [1.29, 1.82) is 0 Å². The first-order valence-electron chi connectivity index (χ1n) is 6.72. The summed E-state index contributed by atoms with van der Waals surface area (Å²) in [5, 5.41) is 13.0. The van der Waals surface area contributed by atoms with E-state index in [9.17, 15) is 9.90 Å². The summed E-state index contributed by atoms with van der Waals surface area (Å²) in [6.07, 6.45) is 2.45. The molecule has 1 aliphatic heterocycles. The Balaban J connectivity index is 2.29. The Labute approximate surface area is 104 Å². The summed E-state index contributed by atoms with van der Waals surface area (Å²) in [7, 11) is 0. The molecule has 2 N–H and O–H groups in total. The smallest absolute Gasteiger partial charge is 0.223 e. The van der Waals surface area contributed by atoms with Crippen LogP contribution in [0.5, 0.6) is 0 Å². The molecule has 17 heavy (non-hydrogen) atoms. The molecule has 1 amide bonds. The van der Waals surface area contributed by atoms with Crippen LogP contribution in [0, 0.1) is 5.92 Å². The van der Waals surface area contributed by atoms with Gasteiger partial charge in [-0.25, -0.2) is 0 Å². The highest BCUT2D eigenvalue weighted by Crippen LogP contribution is 2.22. The molecule has 1 saturated heterocycles. The van der Waals surface area contributed by atoms with Crippen LogP contribution in [-0.2, 0) is 4.79 Å². The molecule has 0 aliphatic carbocycles. The van der Waals surface area contributed by atoms with E-state index in [1.807, 2.05) is 18.7 Å². The maximum absolute atomic E-state index is 11.7. The minimum absolute atomic E-state index is 0.201. The highest BCUT2D eigenvalue weighted by molar-refractivity contribution is 5.78. The molecule has 1 aliphatic rings. The number of rotatable bonds is 7. The maximum Gasteiger partial charge on any atom is 0.223 e. The normalized spacial score (nSPS) is 22.5. The fourth-order valence-corrected chi connectivity index (χ4v) is 2.32. The highest BCUT2D eigenvalue weighted by atomic mass is 16.3. The quantitative estimate of drug-likeness (QED) is 0.700. The molecule has 1 heterocycles. The van der Waals surface area contributed by atoms with Crippen molar-refractivity contribution < 1.29 is 9.90 Å². The molecule has 1 rings (SSSR count). The zero-order valence-electron chi connectivity index (χ0n) is 11.3. The average Bonchev–Trinajstić information content (AvgIpc) is 2.57. The molecule has 4 heteroatoms. The molecule has 0 aromatic rings. The predicted molar refractivity (Wildman–Crippen MR) is 68.7 cm³/mol. The SMILES string of the molecule is CCCC1CC(=O)N(CC(O)CNC(C)C)C1. The van der Waals surface area contributed by atoms with E-state index < -0.39 is 6.10 Å². The average molecular weight is 242 g/mol. The van der Waals surface area contributed by atoms with Crippen LogP contribution < -0.4 is 5.32 Å². The largest absolute Gasteiger partial charge is 0.390 e. The molecular weight excluding hydrogens is 216 g/mol. The number of β-amino-alcohol motifs (C(OH)–C–C–N with tert-alkyl or cyclic N) is 1. The fourth-order valence-electron chi connectivity index (χ4n) is 2.32. The van der Waals surface area contributed by atoms with Gasteiger partial charge in [0.2, 0.25) is 5.91 Å². The second kappa shape index (κ2) is 6.97. The number of carbonyl (C=O) groups is 1. The molecule has 0 spiro atoms. The molecule has 1 fully saturated rings. The standard InChI is InChI=1S/C13H26N2O2/c1-4-5-11-6-13(17)15(8-11)9-12(16)7-14-10(2)3/h10-12,14,16H,4-9H2,1-3H3. The minimum atomic E-state index is -0.457. The van der Waals surface area contributed by atoms with Gasteiger partial charge in [-0.1, -0.05) is 27.2 Å². The lowest BCUT2D eigenvalue weighted by Crippen LogP contribution is -2.40. The number of aliphatic hydroxyl groups is 1. The van der Waals surface area contributed by atoms with Gasteiger partial charge < -0.3 is 15.3 Å². The number of likely N-dealkylation sites (tertiary alicyclic amines) is 1. The van der Waals surface area contributed by atoms with Crippen molar-refractivity contribution in [2.45, 2.75) is 52.2 Å². The van der Waals surface area contributed by atoms with E-state index in [0.717, 1.165) is 19.4 Å². The van der Waals surface area contributed by atoms with Gasteiger partial charge in [0.1, 0.15) is 0 Å². The first-order chi connectivity index (χ1) is 8.02. The van der Waals surface area contributed by atoms with Gasteiger partial charge in [-0.15, -0.1) is 0 Å². The van der Waals surface area contributed by atoms with Crippen molar-refractivity contribution in [2.75, 3.05) is 19.6 Å². The van der Waals surface area contributed by atoms with Crippen LogP contribution in [0.2, 0.25) is 0 Å². The van der Waals surface area contributed by atoms with Crippen LogP contribution in [0.1, 0.15) is 40.0 Å². The summed E-state index contributed by atoms with van der Waals surface area (Å²) in [4.78, 5) is 13.5. The summed E-state index contributed by atoms with van der Waals surface area (Å²) in [5.74, 6) is 0.699. The number of nitrogens with one attached hydrogen (secondary N) is 1. The molecular formula is C13H26N2O2. The van der Waals surface area contributed by atoms with Gasteiger partial charge in [0.25, 0.3) is 0 Å². The number of hydrogen-bond donors (Lipinski definition) is 2. The Morgan fingerprint density at radius 1 is 1.53 bits per heavy atom. The van der Waals surface area contributed by atoms with Crippen molar-refractivity contribution in [3.63, 3.8) is 0 Å². The molecule has 0 bridgehead atoms. The number of nitrogens with zero attached hydrogens (tertiary/aromatic N) is 1. The zero-order chi connectivity index (χ0) is 12.8. The van der Waals surface area contributed by atoms with Crippen LogP contribution in [0.25, 0.3) is 0 Å². The number of hydrogen-bond acceptors (Lipinski definition) is 3. The lowest BCUT2D eigenvalue weighted by atomic mass is 10.0. The highest BCUT2D eigenvalue weighted by Gasteiger charge is 2.29. The van der Waals surface area contributed by atoms with Crippen LogP contribution in [0.4, 0.5) is 0 Å². The van der Waals surface area contributed by atoms with E-state index in [4.69, 9.17) is 0 Å². The number of carbonyl (C=O) groups excluding carboxylic acids is 1. The summed E-state index contributed by atoms with van der Waals surface area (Å²) < 4.78 is 0. The monoisotopic (exact) mass is 242 g/mol. The Morgan fingerprint density at radius 3 is 2.82 bits per heavy atom. The lowest BCUT2D eigenvalue weighted by Gasteiger charge is -2.21. The van der Waals surface area contributed by atoms with E-state index in [1.165, 1.54) is 0 Å². The Kier molecular flexibility index (Phi) is 5.92. The Bertz CT molecular complexity index is 244. The van der Waals surface area contributed by atoms with Crippen molar-refractivity contribution >= 4 is 5.91 Å². The van der Waals surface area contributed by atoms with Crippen molar-refractivity contribution in [2.24, 2.45) is 5.92 Å². The van der Waals surface area contributed by atoms with Gasteiger partial charge in [-0.2, -0.15) is 0 Å². The van der Waals surface area contributed by atoms with Gasteiger partial charge in [0.15, 0.2) is 0 Å². The van der Waals surface area contributed by atoms with Gasteiger partial charge >= 0.3 is 0 Å². The molecule has 4 nitrogen and oxygen atoms in total. The topological polar surface area (TPSA) is 52.6 Å². The van der Waals surface area contributed by atoms with Crippen LogP contribution in [-0.4, -0.2) is 47.7 Å². The second-order valence-corrected chi connectivity index (χ2v) is 5.37. The van der Waals surface area contributed by atoms with Gasteiger partial charge in [-0.05, 0) is 12.3 Å². The third kappa shape index (κ3) is 5.04. The van der Waals surface area contributed by atoms with Gasteiger partial charge in [0, 0.05) is 32.1 Å². The molecule has 100 valence electrons. The van der Waals surface area contributed by atoms with E-state index in [0.29, 0.717) is 31.5 Å². The van der Waals surface area contributed by atoms with E-state index in [-0.39, 0.29) is 5.91 Å². The van der Waals surface area contributed by atoms with Gasteiger partial charge in [-0.3, -0.25) is 4.79 Å². The molecule has 2 atom stereocenters. The van der Waals surface area contributed by atoms with Crippen molar-refractivity contribution in [3.05, 3.63) is 0 Å². The zero-order valence-corrected chi connectivity index (χ0v) is 11.3. The summed E-state index contributed by atoms with van der Waals surface area (Å²) in [6, 6.07) is 0.367.